The second-order valence-corrected chi connectivity index (χ2v) is 6.75. The van der Waals surface area contributed by atoms with E-state index in [0.717, 1.165) is 32.4 Å². The van der Waals surface area contributed by atoms with E-state index in [0.29, 0.717) is 11.8 Å². The van der Waals surface area contributed by atoms with Crippen LogP contribution < -0.4 is 0 Å². The Morgan fingerprint density at radius 2 is 1.95 bits per heavy atom. The van der Waals surface area contributed by atoms with Crippen LogP contribution in [0.15, 0.2) is 0 Å². The maximum atomic E-state index is 11.9. The molecule has 0 N–H and O–H groups in total. The normalized spacial score (nSPS) is 35.6. The fraction of sp³-hybridized carbons (Fsp3) is 0.938. The molecule has 3 aliphatic rings. The molecule has 2 atom stereocenters. The zero-order valence-corrected chi connectivity index (χ0v) is 12.2. The average molecular weight is 265 g/mol. The van der Waals surface area contributed by atoms with Gasteiger partial charge in [-0.3, -0.25) is 9.69 Å². The second kappa shape index (κ2) is 5.53. The summed E-state index contributed by atoms with van der Waals surface area (Å²) in [7, 11) is 0. The molecule has 2 saturated heterocycles. The quantitative estimate of drug-likeness (QED) is 0.769. The summed E-state index contributed by atoms with van der Waals surface area (Å²) in [6.07, 6.45) is 10.9. The first-order valence-electron chi connectivity index (χ1n) is 8.10. The van der Waals surface area contributed by atoms with Gasteiger partial charge in [0.1, 0.15) is 5.78 Å². The van der Waals surface area contributed by atoms with Crippen LogP contribution >= 0.6 is 0 Å². The van der Waals surface area contributed by atoms with Gasteiger partial charge in [0.25, 0.3) is 0 Å². The lowest BCUT2D eigenvalue weighted by Gasteiger charge is -2.46. The lowest BCUT2D eigenvalue weighted by atomic mass is 9.85. The van der Waals surface area contributed by atoms with Crippen LogP contribution in [0.3, 0.4) is 0 Å². The largest absolute Gasteiger partial charge is 0.375 e. The van der Waals surface area contributed by atoms with Gasteiger partial charge in [-0.2, -0.15) is 0 Å². The van der Waals surface area contributed by atoms with Gasteiger partial charge in [0.2, 0.25) is 0 Å². The van der Waals surface area contributed by atoms with E-state index in [2.05, 4.69) is 4.90 Å². The number of carbonyl (C=O) groups excluding carboxylic acids is 1. The number of likely N-dealkylation sites (tertiary alicyclic amines) is 1. The van der Waals surface area contributed by atoms with Crippen molar-refractivity contribution in [3.8, 4) is 0 Å². The minimum Gasteiger partial charge on any atom is -0.375 e. The standard InChI is InChI=1S/C16H27NO2/c1-13(18)15-6-2-5-10-17(15)14-7-11-19-16(12-14)8-3-4-9-16/h14-15H,2-12H2,1H3. The maximum Gasteiger partial charge on any atom is 0.146 e. The van der Waals surface area contributed by atoms with E-state index in [4.69, 9.17) is 4.74 Å². The minimum atomic E-state index is 0.168. The van der Waals surface area contributed by atoms with Crippen LogP contribution in [0.2, 0.25) is 0 Å². The number of carbonyl (C=O) groups is 1. The number of Topliss-reactive ketones (excluding diaryl/α,β-unsaturated/α-hetero) is 1. The summed E-state index contributed by atoms with van der Waals surface area (Å²) in [5.74, 6) is 0.367. The molecule has 2 aliphatic heterocycles. The zero-order valence-electron chi connectivity index (χ0n) is 12.2. The highest BCUT2D eigenvalue weighted by Gasteiger charge is 2.43. The predicted octanol–water partition coefficient (Wildman–Crippen LogP) is 2.92. The molecule has 0 aromatic carbocycles. The molecule has 0 aromatic rings. The van der Waals surface area contributed by atoms with Gasteiger partial charge in [-0.25, -0.2) is 0 Å². The van der Waals surface area contributed by atoms with E-state index in [1.165, 1.54) is 38.5 Å². The maximum absolute atomic E-state index is 11.9. The van der Waals surface area contributed by atoms with Crippen molar-refractivity contribution in [3.63, 3.8) is 0 Å². The Bertz CT molecular complexity index is 336. The minimum absolute atomic E-state index is 0.168. The Hall–Kier alpha value is -0.410. The number of hydrogen-bond acceptors (Lipinski definition) is 3. The Balaban J connectivity index is 1.71. The SMILES string of the molecule is CC(=O)C1CCCCN1C1CCOC2(CCCC2)C1. The summed E-state index contributed by atoms with van der Waals surface area (Å²) in [5, 5.41) is 0. The van der Waals surface area contributed by atoms with Crippen LogP contribution in [0.4, 0.5) is 0 Å². The van der Waals surface area contributed by atoms with E-state index in [9.17, 15) is 4.79 Å². The second-order valence-electron chi connectivity index (χ2n) is 6.75. The van der Waals surface area contributed by atoms with Crippen LogP contribution in [-0.4, -0.2) is 41.5 Å². The fourth-order valence-electron chi connectivity index (χ4n) is 4.48. The van der Waals surface area contributed by atoms with E-state index in [1.54, 1.807) is 6.92 Å². The molecule has 2 unspecified atom stereocenters. The molecule has 0 aromatic heterocycles. The molecular weight excluding hydrogens is 238 g/mol. The van der Waals surface area contributed by atoms with Crippen molar-refractivity contribution >= 4 is 5.78 Å². The lowest BCUT2D eigenvalue weighted by Crippen LogP contribution is -2.54. The summed E-state index contributed by atoms with van der Waals surface area (Å²) < 4.78 is 6.13. The van der Waals surface area contributed by atoms with Crippen LogP contribution in [-0.2, 0) is 9.53 Å². The molecule has 0 bridgehead atoms. The Kier molecular flexibility index (Phi) is 3.95. The van der Waals surface area contributed by atoms with Gasteiger partial charge in [-0.1, -0.05) is 19.3 Å². The third-order valence-corrected chi connectivity index (χ3v) is 5.46. The summed E-state index contributed by atoms with van der Waals surface area (Å²) in [6.45, 7) is 3.78. The number of piperidine rings is 1. The van der Waals surface area contributed by atoms with Gasteiger partial charge in [-0.05, 0) is 52.0 Å². The average Bonchev–Trinajstić information content (AvgIpc) is 2.86. The van der Waals surface area contributed by atoms with Gasteiger partial charge in [-0.15, -0.1) is 0 Å². The number of nitrogens with zero attached hydrogens (tertiary/aromatic N) is 1. The van der Waals surface area contributed by atoms with Gasteiger partial charge < -0.3 is 4.74 Å². The predicted molar refractivity (Wildman–Crippen MR) is 75.2 cm³/mol. The molecule has 1 spiro atoms. The molecule has 1 saturated carbocycles. The van der Waals surface area contributed by atoms with Crippen molar-refractivity contribution in [2.24, 2.45) is 0 Å². The highest BCUT2D eigenvalue weighted by molar-refractivity contribution is 5.81. The van der Waals surface area contributed by atoms with Crippen molar-refractivity contribution in [3.05, 3.63) is 0 Å². The van der Waals surface area contributed by atoms with Crippen LogP contribution in [0, 0.1) is 0 Å². The summed E-state index contributed by atoms with van der Waals surface area (Å²) in [6, 6.07) is 0.774. The first-order chi connectivity index (χ1) is 9.20. The van der Waals surface area contributed by atoms with Crippen LogP contribution in [0.25, 0.3) is 0 Å². The number of hydrogen-bond donors (Lipinski definition) is 0. The first kappa shape index (κ1) is 13.6. The monoisotopic (exact) mass is 265 g/mol. The number of rotatable bonds is 2. The molecule has 0 radical (unpaired) electrons. The van der Waals surface area contributed by atoms with E-state index >= 15 is 0 Å². The summed E-state index contributed by atoms with van der Waals surface area (Å²) in [5.41, 5.74) is 0.168. The van der Waals surface area contributed by atoms with Crippen LogP contribution in [0.5, 0.6) is 0 Å². The molecular formula is C16H27NO2. The molecule has 19 heavy (non-hydrogen) atoms. The van der Waals surface area contributed by atoms with E-state index < -0.39 is 0 Å². The molecule has 3 rings (SSSR count). The Morgan fingerprint density at radius 3 is 2.68 bits per heavy atom. The molecule has 0 amide bonds. The smallest absolute Gasteiger partial charge is 0.146 e. The summed E-state index contributed by atoms with van der Waals surface area (Å²) >= 11 is 0. The molecule has 3 fully saturated rings. The van der Waals surface area contributed by atoms with Crippen LogP contribution in [0.1, 0.15) is 64.7 Å². The highest BCUT2D eigenvalue weighted by atomic mass is 16.5. The Labute approximate surface area is 116 Å². The van der Waals surface area contributed by atoms with E-state index in [1.807, 2.05) is 0 Å². The summed E-state index contributed by atoms with van der Waals surface area (Å²) in [4.78, 5) is 14.4. The van der Waals surface area contributed by atoms with Gasteiger partial charge in [0, 0.05) is 12.6 Å². The zero-order chi connectivity index (χ0) is 13.3. The number of ether oxygens (including phenoxy) is 1. The van der Waals surface area contributed by atoms with Gasteiger partial charge >= 0.3 is 0 Å². The van der Waals surface area contributed by atoms with Gasteiger partial charge in [0.05, 0.1) is 11.6 Å². The lowest BCUT2D eigenvalue weighted by molar-refractivity contribution is -0.132. The van der Waals surface area contributed by atoms with Crippen molar-refractivity contribution in [2.45, 2.75) is 82.4 Å². The molecule has 1 aliphatic carbocycles. The molecule has 2 heterocycles. The number of ketones is 1. The highest BCUT2D eigenvalue weighted by Crippen LogP contribution is 2.42. The van der Waals surface area contributed by atoms with Gasteiger partial charge in [0.15, 0.2) is 0 Å². The third-order valence-electron chi connectivity index (χ3n) is 5.46. The molecule has 108 valence electrons. The fourth-order valence-corrected chi connectivity index (χ4v) is 4.48. The molecule has 3 nitrogen and oxygen atoms in total. The van der Waals surface area contributed by atoms with E-state index in [-0.39, 0.29) is 11.6 Å². The van der Waals surface area contributed by atoms with Crippen molar-refractivity contribution in [1.29, 1.82) is 0 Å². The first-order valence-corrected chi connectivity index (χ1v) is 8.10. The van der Waals surface area contributed by atoms with Crippen molar-refractivity contribution < 1.29 is 9.53 Å². The molecule has 3 heteroatoms. The van der Waals surface area contributed by atoms with Crippen molar-refractivity contribution in [1.82, 2.24) is 4.90 Å². The third kappa shape index (κ3) is 2.73. The topological polar surface area (TPSA) is 29.5 Å². The van der Waals surface area contributed by atoms with Crippen molar-refractivity contribution in [2.75, 3.05) is 13.2 Å². The Morgan fingerprint density at radius 1 is 1.16 bits per heavy atom.